The maximum Gasteiger partial charge on any atom is 0.228 e. The molecule has 8 heteroatoms. The minimum absolute atomic E-state index is 0.0921. The number of pyridine rings is 1. The number of aromatic nitrogens is 2. The zero-order chi connectivity index (χ0) is 21.3. The van der Waals surface area contributed by atoms with Crippen LogP contribution in [0.15, 0.2) is 54.0 Å². The number of carbonyl (C=O) groups is 2. The summed E-state index contributed by atoms with van der Waals surface area (Å²) in [5.74, 6) is 0.370. The Morgan fingerprint density at radius 2 is 2.00 bits per heavy atom. The van der Waals surface area contributed by atoms with E-state index in [0.717, 1.165) is 17.0 Å². The number of hydrogen-bond donors (Lipinski definition) is 2. The van der Waals surface area contributed by atoms with Gasteiger partial charge in [0, 0.05) is 24.0 Å². The second-order valence-corrected chi connectivity index (χ2v) is 7.86. The summed E-state index contributed by atoms with van der Waals surface area (Å²) >= 11 is 1.31. The molecule has 0 aliphatic carbocycles. The van der Waals surface area contributed by atoms with Gasteiger partial charge < -0.3 is 15.4 Å². The minimum Gasteiger partial charge on any atom is -0.487 e. The fourth-order valence-corrected chi connectivity index (χ4v) is 3.22. The molecule has 2 amide bonds. The highest BCUT2D eigenvalue weighted by Crippen LogP contribution is 2.17. The van der Waals surface area contributed by atoms with Crippen LogP contribution in [-0.4, -0.2) is 21.8 Å². The molecule has 0 fully saturated rings. The van der Waals surface area contributed by atoms with Crippen molar-refractivity contribution in [2.45, 2.75) is 33.4 Å². The number of nitrogens with zero attached hydrogens (tertiary/aromatic N) is 2. The van der Waals surface area contributed by atoms with Gasteiger partial charge in [-0.05, 0) is 29.8 Å². The number of hydrogen-bond acceptors (Lipinski definition) is 6. The van der Waals surface area contributed by atoms with Gasteiger partial charge in [-0.25, -0.2) is 4.98 Å². The lowest BCUT2D eigenvalue weighted by atomic mass is 10.2. The van der Waals surface area contributed by atoms with Crippen LogP contribution in [0.25, 0.3) is 0 Å². The Kier molecular flexibility index (Phi) is 7.51. The molecule has 0 aliphatic heterocycles. The molecule has 2 aromatic heterocycles. The van der Waals surface area contributed by atoms with E-state index in [-0.39, 0.29) is 24.2 Å². The minimum atomic E-state index is -0.137. The number of amides is 2. The second kappa shape index (κ2) is 10.5. The number of anilines is 1. The van der Waals surface area contributed by atoms with Crippen LogP contribution in [0.5, 0.6) is 5.75 Å². The van der Waals surface area contributed by atoms with Gasteiger partial charge in [-0.2, -0.15) is 0 Å². The molecule has 2 N–H and O–H groups in total. The average Bonchev–Trinajstić information content (AvgIpc) is 3.18. The van der Waals surface area contributed by atoms with Crippen LogP contribution >= 0.6 is 11.3 Å². The molecule has 0 spiro atoms. The maximum atomic E-state index is 12.2. The Morgan fingerprint density at radius 3 is 2.77 bits per heavy atom. The summed E-state index contributed by atoms with van der Waals surface area (Å²) in [4.78, 5) is 32.5. The monoisotopic (exact) mass is 424 g/mol. The van der Waals surface area contributed by atoms with Crippen molar-refractivity contribution in [1.29, 1.82) is 0 Å². The Bertz CT molecular complexity index is 989. The average molecular weight is 425 g/mol. The highest BCUT2D eigenvalue weighted by molar-refractivity contribution is 7.13. The molecule has 30 heavy (non-hydrogen) atoms. The van der Waals surface area contributed by atoms with E-state index < -0.39 is 0 Å². The summed E-state index contributed by atoms with van der Waals surface area (Å²) in [7, 11) is 0. The highest BCUT2D eigenvalue weighted by atomic mass is 32.1. The van der Waals surface area contributed by atoms with E-state index in [1.165, 1.54) is 11.3 Å². The lowest BCUT2D eigenvalue weighted by Gasteiger charge is -2.09. The van der Waals surface area contributed by atoms with Gasteiger partial charge in [0.05, 0.1) is 17.8 Å². The number of carbonyl (C=O) groups excluding carboxylic acids is 2. The fraction of sp³-hybridized carbons (Fsp3) is 0.273. The van der Waals surface area contributed by atoms with Gasteiger partial charge in [0.25, 0.3) is 0 Å². The normalized spacial score (nSPS) is 10.6. The topological polar surface area (TPSA) is 93.2 Å². The number of thiazole rings is 1. The first-order valence-corrected chi connectivity index (χ1v) is 10.5. The van der Waals surface area contributed by atoms with E-state index in [1.54, 1.807) is 11.6 Å². The first-order valence-electron chi connectivity index (χ1n) is 9.63. The first-order chi connectivity index (χ1) is 14.5. The van der Waals surface area contributed by atoms with Gasteiger partial charge in [0.2, 0.25) is 11.8 Å². The van der Waals surface area contributed by atoms with E-state index in [9.17, 15) is 9.59 Å². The molecule has 156 valence electrons. The van der Waals surface area contributed by atoms with Gasteiger partial charge in [-0.15, -0.1) is 11.3 Å². The number of rotatable bonds is 9. The molecule has 0 radical (unpaired) electrons. The summed E-state index contributed by atoms with van der Waals surface area (Å²) in [5, 5.41) is 7.92. The van der Waals surface area contributed by atoms with Crippen LogP contribution in [0.2, 0.25) is 0 Å². The molecule has 0 aliphatic rings. The third-order valence-corrected chi connectivity index (χ3v) is 4.96. The van der Waals surface area contributed by atoms with Gasteiger partial charge in [-0.3, -0.25) is 14.6 Å². The summed E-state index contributed by atoms with van der Waals surface area (Å²) in [6, 6.07) is 13.3. The van der Waals surface area contributed by atoms with E-state index in [1.807, 2.05) is 56.3 Å². The van der Waals surface area contributed by atoms with E-state index in [0.29, 0.717) is 24.0 Å². The van der Waals surface area contributed by atoms with Crippen LogP contribution in [0.1, 0.15) is 30.8 Å². The third-order valence-electron chi connectivity index (χ3n) is 4.15. The molecule has 3 rings (SSSR count). The van der Waals surface area contributed by atoms with Crippen molar-refractivity contribution < 1.29 is 14.3 Å². The Labute approximate surface area is 179 Å². The molecule has 7 nitrogen and oxygen atoms in total. The molecule has 0 unspecified atom stereocenters. The Hall–Kier alpha value is -3.26. The molecule has 1 aromatic carbocycles. The van der Waals surface area contributed by atoms with Crippen LogP contribution in [0, 0.1) is 5.92 Å². The van der Waals surface area contributed by atoms with Crippen molar-refractivity contribution in [2.75, 3.05) is 5.32 Å². The smallest absolute Gasteiger partial charge is 0.228 e. The lowest BCUT2D eigenvalue weighted by Crippen LogP contribution is -2.24. The zero-order valence-electron chi connectivity index (χ0n) is 16.9. The third kappa shape index (κ3) is 6.66. The van der Waals surface area contributed by atoms with Crippen molar-refractivity contribution in [3.8, 4) is 5.75 Å². The van der Waals surface area contributed by atoms with Crippen LogP contribution < -0.4 is 15.4 Å². The second-order valence-electron chi connectivity index (χ2n) is 7.00. The van der Waals surface area contributed by atoms with Crippen molar-refractivity contribution in [1.82, 2.24) is 15.3 Å². The SMILES string of the molecule is CC(C)C(=O)Nc1nc(CC(=O)NCc2cccc(OCc3ccccn3)c2)cs1. The van der Waals surface area contributed by atoms with Crippen molar-refractivity contribution in [3.05, 3.63) is 71.0 Å². The molecule has 0 saturated heterocycles. The van der Waals surface area contributed by atoms with Crippen LogP contribution in [-0.2, 0) is 29.2 Å². The van der Waals surface area contributed by atoms with Gasteiger partial charge in [0.15, 0.2) is 5.13 Å². The zero-order valence-corrected chi connectivity index (χ0v) is 17.7. The summed E-state index contributed by atoms with van der Waals surface area (Å²) in [6.07, 6.45) is 1.89. The highest BCUT2D eigenvalue weighted by Gasteiger charge is 2.12. The Balaban J connectivity index is 1.46. The standard InChI is InChI=1S/C22H24N4O3S/c1-15(2)21(28)26-22-25-18(14-30-22)11-20(27)24-12-16-6-5-8-19(10-16)29-13-17-7-3-4-9-23-17/h3-10,14-15H,11-13H2,1-2H3,(H,24,27)(H,25,26,28). The van der Waals surface area contributed by atoms with E-state index >= 15 is 0 Å². The Morgan fingerprint density at radius 1 is 1.13 bits per heavy atom. The van der Waals surface area contributed by atoms with Crippen molar-refractivity contribution >= 4 is 28.3 Å². The van der Waals surface area contributed by atoms with Crippen LogP contribution in [0.4, 0.5) is 5.13 Å². The van der Waals surface area contributed by atoms with E-state index in [2.05, 4.69) is 20.6 Å². The summed E-state index contributed by atoms with van der Waals surface area (Å²) < 4.78 is 5.77. The molecule has 0 atom stereocenters. The molecule has 3 aromatic rings. The predicted molar refractivity (Wildman–Crippen MR) is 116 cm³/mol. The van der Waals surface area contributed by atoms with Crippen LogP contribution in [0.3, 0.4) is 0 Å². The van der Waals surface area contributed by atoms with E-state index in [4.69, 9.17) is 4.74 Å². The van der Waals surface area contributed by atoms with Gasteiger partial charge in [0.1, 0.15) is 12.4 Å². The first kappa shape index (κ1) is 21.4. The number of benzene rings is 1. The molecule has 0 saturated carbocycles. The fourth-order valence-electron chi connectivity index (χ4n) is 2.51. The number of ether oxygens (including phenoxy) is 1. The lowest BCUT2D eigenvalue weighted by molar-refractivity contribution is -0.120. The predicted octanol–water partition coefficient (Wildman–Crippen LogP) is 3.57. The summed E-state index contributed by atoms with van der Waals surface area (Å²) in [5.41, 5.74) is 2.41. The molecular formula is C22H24N4O3S. The molecule has 0 bridgehead atoms. The number of nitrogens with one attached hydrogen (secondary N) is 2. The van der Waals surface area contributed by atoms with Gasteiger partial charge in [-0.1, -0.05) is 32.0 Å². The van der Waals surface area contributed by atoms with Crippen molar-refractivity contribution in [2.24, 2.45) is 5.92 Å². The quantitative estimate of drug-likeness (QED) is 0.548. The summed E-state index contributed by atoms with van der Waals surface area (Å²) in [6.45, 7) is 4.41. The van der Waals surface area contributed by atoms with Crippen molar-refractivity contribution in [3.63, 3.8) is 0 Å². The van der Waals surface area contributed by atoms with Gasteiger partial charge >= 0.3 is 0 Å². The maximum absolute atomic E-state index is 12.2. The largest absolute Gasteiger partial charge is 0.487 e. The molecular weight excluding hydrogens is 400 g/mol. The molecule has 2 heterocycles.